The zero-order chi connectivity index (χ0) is 36.3. The molecule has 0 aliphatic carbocycles. The minimum atomic E-state index is -0.434. The van der Waals surface area contributed by atoms with Crippen molar-refractivity contribution >= 4 is 17.0 Å². The lowest BCUT2D eigenvalue weighted by molar-refractivity contribution is 0.0815. The van der Waals surface area contributed by atoms with Crippen LogP contribution in [0, 0.1) is 32.5 Å². The minimum absolute atomic E-state index is 0.148. The Morgan fingerprint density at radius 3 is 1.33 bits per heavy atom. The number of aromatic amines is 2. The van der Waals surface area contributed by atoms with Crippen molar-refractivity contribution in [1.82, 2.24) is 9.97 Å². The van der Waals surface area contributed by atoms with Crippen molar-refractivity contribution in [1.29, 1.82) is 0 Å². The highest BCUT2D eigenvalue weighted by molar-refractivity contribution is 6.15. The highest BCUT2D eigenvalue weighted by Gasteiger charge is 2.59. The predicted octanol–water partition coefficient (Wildman–Crippen LogP) is 12.1. The normalized spacial score (nSPS) is 23.1. The molecule has 4 nitrogen and oxygen atoms in total. The molecule has 8 bridgehead atoms. The number of rotatable bonds is 0. The quantitative estimate of drug-likeness (QED) is 0.286. The van der Waals surface area contributed by atoms with Crippen LogP contribution in [0.4, 0.5) is 0 Å². The highest BCUT2D eigenvalue weighted by atomic mass is 14.9. The first-order valence-electron chi connectivity index (χ1n) is 18.0. The fourth-order valence-electron chi connectivity index (χ4n) is 10.5. The molecule has 0 fully saturated rings. The molecule has 2 N–H and O–H groups in total. The van der Waals surface area contributed by atoms with Gasteiger partial charge in [-0.15, -0.1) is 0 Å². The largest absolute Gasteiger partial charge is 0.361 e. The van der Waals surface area contributed by atoms with E-state index < -0.39 is 5.41 Å². The molecule has 0 saturated heterocycles. The maximum Gasteiger partial charge on any atom is 0.0696 e. The zero-order valence-corrected chi connectivity index (χ0v) is 33.5. The Morgan fingerprint density at radius 1 is 0.438 bits per heavy atom. The van der Waals surface area contributed by atoms with E-state index in [2.05, 4.69) is 183 Å². The molecule has 2 aromatic rings. The van der Waals surface area contributed by atoms with Gasteiger partial charge in [0.15, 0.2) is 0 Å². The monoisotopic (exact) mass is 649 g/mol. The smallest absolute Gasteiger partial charge is 0.0696 e. The van der Waals surface area contributed by atoms with Gasteiger partial charge in [-0.1, -0.05) is 125 Å². The number of aromatic nitrogens is 2. The molecule has 5 heterocycles. The summed E-state index contributed by atoms with van der Waals surface area (Å²) >= 11 is 0. The molecule has 4 heteroatoms. The first-order valence-corrected chi connectivity index (χ1v) is 18.0. The molecular weight excluding hydrogens is 585 g/mol. The lowest BCUT2D eigenvalue weighted by atomic mass is 9.50. The summed E-state index contributed by atoms with van der Waals surface area (Å²) in [5.41, 5.74) is 9.54. The predicted molar refractivity (Wildman–Crippen MR) is 208 cm³/mol. The number of hydrogen-bond donors (Lipinski definition) is 2. The summed E-state index contributed by atoms with van der Waals surface area (Å²) in [5, 5.41) is 0. The van der Waals surface area contributed by atoms with Crippen LogP contribution in [0.5, 0.6) is 0 Å². The lowest BCUT2D eigenvalue weighted by Crippen LogP contribution is -2.56. The second-order valence-electron chi connectivity index (χ2n) is 20.8. The Labute approximate surface area is 292 Å². The molecule has 0 saturated carbocycles. The lowest BCUT2D eigenvalue weighted by Gasteiger charge is -2.54. The van der Waals surface area contributed by atoms with Crippen LogP contribution in [-0.4, -0.2) is 21.4 Å². The topological polar surface area (TPSA) is 56.3 Å². The minimum Gasteiger partial charge on any atom is -0.361 e. The Balaban J connectivity index is 2.05. The van der Waals surface area contributed by atoms with Crippen molar-refractivity contribution in [2.24, 2.45) is 42.5 Å². The van der Waals surface area contributed by atoms with Gasteiger partial charge in [0, 0.05) is 33.9 Å². The van der Waals surface area contributed by atoms with Gasteiger partial charge in [0.25, 0.3) is 0 Å². The van der Waals surface area contributed by atoms with Gasteiger partial charge in [-0.2, -0.15) is 0 Å². The highest BCUT2D eigenvalue weighted by Crippen LogP contribution is 2.60. The summed E-state index contributed by atoms with van der Waals surface area (Å²) in [4.78, 5) is 19.3. The molecule has 2 aromatic heterocycles. The van der Waals surface area contributed by atoms with Crippen LogP contribution in [-0.2, 0) is 10.8 Å². The number of allylic oxidation sites excluding steroid dienone is 6. The van der Waals surface area contributed by atoms with Gasteiger partial charge in [-0.05, 0) is 81.1 Å². The SMILES string of the molecule is CC(C)(C)/C1=C2\C=CC(=N2)C(C(C)(C)C)(C(C)(C)C)c2ccc([nH]2)C(C(C)(C)C)(C(C)(C)C)c2ccc([nH]2)/C(C(C)(C)C)=C2/C=CC1=N2. The van der Waals surface area contributed by atoms with E-state index in [4.69, 9.17) is 9.98 Å². The Kier molecular flexibility index (Phi) is 8.04. The van der Waals surface area contributed by atoms with E-state index in [9.17, 15) is 0 Å². The zero-order valence-electron chi connectivity index (χ0n) is 33.5. The summed E-state index contributed by atoms with van der Waals surface area (Å²) in [6.45, 7) is 42.4. The maximum atomic E-state index is 5.64. The van der Waals surface area contributed by atoms with Crippen LogP contribution in [0.2, 0.25) is 0 Å². The molecule has 5 rings (SSSR count). The average molecular weight is 649 g/mol. The van der Waals surface area contributed by atoms with E-state index in [0.717, 1.165) is 28.5 Å². The van der Waals surface area contributed by atoms with Crippen LogP contribution < -0.4 is 0 Å². The van der Waals surface area contributed by atoms with Crippen molar-refractivity contribution in [3.63, 3.8) is 0 Å². The van der Waals surface area contributed by atoms with Gasteiger partial charge in [-0.25, -0.2) is 4.99 Å². The van der Waals surface area contributed by atoms with Crippen LogP contribution >= 0.6 is 0 Å². The molecule has 0 unspecified atom stereocenters. The number of nitrogens with zero attached hydrogens (tertiary/aromatic N) is 2. The third kappa shape index (κ3) is 5.14. The van der Waals surface area contributed by atoms with Gasteiger partial charge < -0.3 is 9.97 Å². The van der Waals surface area contributed by atoms with Gasteiger partial charge in [0.2, 0.25) is 0 Å². The summed E-state index contributed by atoms with van der Waals surface area (Å²) < 4.78 is 0. The van der Waals surface area contributed by atoms with Crippen LogP contribution in [0.3, 0.4) is 0 Å². The molecule has 48 heavy (non-hydrogen) atoms. The molecule has 0 aromatic carbocycles. The molecule has 3 aliphatic rings. The summed E-state index contributed by atoms with van der Waals surface area (Å²) in [6.07, 6.45) is 8.98. The van der Waals surface area contributed by atoms with Gasteiger partial charge >= 0.3 is 0 Å². The molecule has 0 amide bonds. The summed E-state index contributed by atoms with van der Waals surface area (Å²) in [6, 6.07) is 9.40. The number of nitrogens with one attached hydrogen (secondary N) is 2. The molecule has 3 aliphatic heterocycles. The number of fused-ring (bicyclic) bond motifs is 6. The van der Waals surface area contributed by atoms with Crippen LogP contribution in [0.1, 0.15) is 147 Å². The molecule has 260 valence electrons. The second-order valence-corrected chi connectivity index (χ2v) is 20.8. The van der Waals surface area contributed by atoms with E-state index in [1.165, 1.54) is 28.2 Å². The van der Waals surface area contributed by atoms with Gasteiger partial charge in [0.05, 0.1) is 33.6 Å². The first kappa shape index (κ1) is 36.1. The van der Waals surface area contributed by atoms with Crippen molar-refractivity contribution in [3.05, 3.63) is 88.3 Å². The molecule has 0 atom stereocenters. The third-order valence-electron chi connectivity index (χ3n) is 11.3. The third-order valence-corrected chi connectivity index (χ3v) is 11.3. The van der Waals surface area contributed by atoms with E-state index in [1.807, 2.05) is 0 Å². The number of hydrogen-bond acceptors (Lipinski definition) is 2. The van der Waals surface area contributed by atoms with Crippen molar-refractivity contribution in [3.8, 4) is 0 Å². The molecule has 0 radical (unpaired) electrons. The molecular formula is C44H64N4. The standard InChI is InChI=1S/C44H64N4/c1-37(2,3)35-27-19-20-28(45-27)36(38(4,5)6)30-22-24-32(47-30)44(41(13,14)15,42(16,17)18)34-26-25-33(48-34)43(39(7,8)9,40(10,11)12)31-23-21-29(35)46-31/h19-26,46,48H,1-18H3/b35-27+,36-30+. The Bertz CT molecular complexity index is 1760. The average Bonchev–Trinajstić information content (AvgIpc) is 3.65. The Morgan fingerprint density at radius 2 is 0.854 bits per heavy atom. The Hall–Kier alpha value is -3.14. The van der Waals surface area contributed by atoms with Crippen molar-refractivity contribution in [2.75, 3.05) is 0 Å². The summed E-state index contributed by atoms with van der Waals surface area (Å²) in [5.74, 6) is 0. The van der Waals surface area contributed by atoms with E-state index in [-0.39, 0.29) is 37.9 Å². The van der Waals surface area contributed by atoms with Crippen LogP contribution in [0.15, 0.2) is 75.5 Å². The second kappa shape index (κ2) is 10.7. The number of H-pyrrole nitrogens is 2. The maximum absolute atomic E-state index is 5.64. The number of aliphatic imine (C=N–C) groups is 2. The van der Waals surface area contributed by atoms with Crippen LogP contribution in [0.25, 0.3) is 5.57 Å². The van der Waals surface area contributed by atoms with E-state index >= 15 is 0 Å². The van der Waals surface area contributed by atoms with Gasteiger partial charge in [0.1, 0.15) is 0 Å². The van der Waals surface area contributed by atoms with Crippen molar-refractivity contribution in [2.45, 2.75) is 135 Å². The van der Waals surface area contributed by atoms with Gasteiger partial charge in [-0.3, -0.25) is 4.99 Å². The van der Waals surface area contributed by atoms with E-state index in [1.54, 1.807) is 0 Å². The fourth-order valence-corrected chi connectivity index (χ4v) is 10.5. The molecule has 0 spiro atoms. The van der Waals surface area contributed by atoms with E-state index in [0.29, 0.717) is 0 Å². The summed E-state index contributed by atoms with van der Waals surface area (Å²) in [7, 11) is 0. The fraction of sp³-hybridized carbons (Fsp3) is 0.591. The van der Waals surface area contributed by atoms with Crippen molar-refractivity contribution < 1.29 is 0 Å². The first-order chi connectivity index (χ1) is 21.6.